The van der Waals surface area contributed by atoms with E-state index in [-0.39, 0.29) is 23.9 Å². The summed E-state index contributed by atoms with van der Waals surface area (Å²) in [5, 5.41) is 6.58. The fourth-order valence-corrected chi connectivity index (χ4v) is 3.73. The van der Waals surface area contributed by atoms with Gasteiger partial charge in [-0.2, -0.15) is 0 Å². The summed E-state index contributed by atoms with van der Waals surface area (Å²) in [5.41, 5.74) is 2.05. The third-order valence-corrected chi connectivity index (χ3v) is 5.35. The van der Waals surface area contributed by atoms with Crippen molar-refractivity contribution in [3.05, 3.63) is 51.5 Å². The number of aromatic nitrogens is 1. The largest absolute Gasteiger partial charge is 0.306 e. The summed E-state index contributed by atoms with van der Waals surface area (Å²) in [6, 6.07) is 7.33. The van der Waals surface area contributed by atoms with Gasteiger partial charge in [-0.15, -0.1) is 11.3 Å². The van der Waals surface area contributed by atoms with Gasteiger partial charge in [0.15, 0.2) is 0 Å². The Kier molecular flexibility index (Phi) is 4.78. The van der Waals surface area contributed by atoms with Crippen LogP contribution in [-0.2, 0) is 0 Å². The Morgan fingerprint density at radius 2 is 1.79 bits per heavy atom. The maximum atomic E-state index is 12.3. The molecule has 0 unspecified atom stereocenters. The minimum absolute atomic E-state index is 0.154. The van der Waals surface area contributed by atoms with Crippen LogP contribution in [0.4, 0.5) is 0 Å². The molecule has 5 nitrogen and oxygen atoms in total. The SMILES string of the molecule is Cc1csc([C@@H](C)N[C@H](C)CCN2C(=O)c3ccccc3C2=O)n1. The lowest BCUT2D eigenvalue weighted by molar-refractivity contribution is 0.0649. The maximum Gasteiger partial charge on any atom is 0.261 e. The topological polar surface area (TPSA) is 62.3 Å². The molecule has 3 rings (SSSR count). The number of carbonyl (C=O) groups excluding carboxylic acids is 2. The molecular weight excluding hydrogens is 322 g/mol. The van der Waals surface area contributed by atoms with Crippen LogP contribution in [0.3, 0.4) is 0 Å². The highest BCUT2D eigenvalue weighted by Gasteiger charge is 2.34. The zero-order valence-corrected chi connectivity index (χ0v) is 14.9. The van der Waals surface area contributed by atoms with Gasteiger partial charge >= 0.3 is 0 Å². The molecule has 2 heterocycles. The highest BCUT2D eigenvalue weighted by molar-refractivity contribution is 7.09. The highest BCUT2D eigenvalue weighted by Crippen LogP contribution is 2.23. The predicted molar refractivity (Wildman–Crippen MR) is 94.3 cm³/mol. The van der Waals surface area contributed by atoms with Crippen LogP contribution >= 0.6 is 11.3 Å². The molecule has 0 spiro atoms. The van der Waals surface area contributed by atoms with Crippen molar-refractivity contribution in [2.75, 3.05) is 6.54 Å². The molecular formula is C18H21N3O2S. The van der Waals surface area contributed by atoms with Crippen molar-refractivity contribution >= 4 is 23.2 Å². The number of amides is 2. The average Bonchev–Trinajstić information content (AvgIpc) is 3.10. The third-order valence-electron chi connectivity index (χ3n) is 4.21. The van der Waals surface area contributed by atoms with Gasteiger partial charge in [-0.3, -0.25) is 14.5 Å². The number of benzene rings is 1. The average molecular weight is 343 g/mol. The van der Waals surface area contributed by atoms with Crippen molar-refractivity contribution in [1.29, 1.82) is 0 Å². The van der Waals surface area contributed by atoms with Crippen LogP contribution in [0.5, 0.6) is 0 Å². The van der Waals surface area contributed by atoms with Crippen LogP contribution in [0.1, 0.15) is 57.7 Å². The lowest BCUT2D eigenvalue weighted by atomic mass is 10.1. The molecule has 1 N–H and O–H groups in total. The first-order valence-corrected chi connectivity index (χ1v) is 8.98. The fourth-order valence-electron chi connectivity index (χ4n) is 2.92. The van der Waals surface area contributed by atoms with Crippen LogP contribution in [0.15, 0.2) is 29.6 Å². The summed E-state index contributed by atoms with van der Waals surface area (Å²) >= 11 is 1.64. The molecule has 24 heavy (non-hydrogen) atoms. The number of imide groups is 1. The molecule has 1 aromatic heterocycles. The lowest BCUT2D eigenvalue weighted by Crippen LogP contribution is -2.36. The number of hydrogen-bond donors (Lipinski definition) is 1. The number of nitrogens with zero attached hydrogens (tertiary/aromatic N) is 2. The van der Waals surface area contributed by atoms with E-state index in [0.717, 1.165) is 10.7 Å². The van der Waals surface area contributed by atoms with Crippen molar-refractivity contribution in [3.63, 3.8) is 0 Å². The Morgan fingerprint density at radius 1 is 1.17 bits per heavy atom. The summed E-state index contributed by atoms with van der Waals surface area (Å²) in [6.45, 7) is 6.55. The van der Waals surface area contributed by atoms with Crippen LogP contribution in [0.2, 0.25) is 0 Å². The van der Waals surface area contributed by atoms with E-state index in [1.807, 2.05) is 12.3 Å². The number of aryl methyl sites for hydroxylation is 1. The summed E-state index contributed by atoms with van der Waals surface area (Å²) in [5.74, 6) is -0.377. The van der Waals surface area contributed by atoms with Crippen LogP contribution in [0, 0.1) is 6.92 Å². The van der Waals surface area contributed by atoms with Crippen molar-refractivity contribution < 1.29 is 9.59 Å². The van der Waals surface area contributed by atoms with Gasteiger partial charge in [0, 0.05) is 23.7 Å². The molecule has 0 saturated heterocycles. The molecule has 126 valence electrons. The molecule has 0 aliphatic carbocycles. The zero-order chi connectivity index (χ0) is 17.3. The number of rotatable bonds is 6. The Labute approximate surface area is 145 Å². The van der Waals surface area contributed by atoms with Crippen LogP contribution in [-0.4, -0.2) is 34.3 Å². The van der Waals surface area contributed by atoms with Crippen molar-refractivity contribution in [1.82, 2.24) is 15.2 Å². The molecule has 0 saturated carbocycles. The lowest BCUT2D eigenvalue weighted by Gasteiger charge is -2.21. The van der Waals surface area contributed by atoms with E-state index in [1.54, 1.807) is 35.6 Å². The maximum absolute atomic E-state index is 12.3. The van der Waals surface area contributed by atoms with Gasteiger partial charge in [0.1, 0.15) is 5.01 Å². The standard InChI is InChI=1S/C18H21N3O2S/c1-11(19-13(3)16-20-12(2)10-24-16)8-9-21-17(22)14-6-4-5-7-15(14)18(21)23/h4-7,10-11,13,19H,8-9H2,1-3H3/t11-,13-/m1/s1. The first-order chi connectivity index (χ1) is 11.5. The van der Waals surface area contributed by atoms with E-state index in [0.29, 0.717) is 24.1 Å². The molecule has 2 atom stereocenters. The second kappa shape index (κ2) is 6.83. The van der Waals surface area contributed by atoms with Gasteiger partial charge < -0.3 is 5.32 Å². The number of thiazole rings is 1. The second-order valence-corrected chi connectivity index (χ2v) is 7.10. The summed E-state index contributed by atoms with van der Waals surface area (Å²) in [7, 11) is 0. The normalized spacial score (nSPS) is 16.4. The summed E-state index contributed by atoms with van der Waals surface area (Å²) < 4.78 is 0. The Morgan fingerprint density at radius 3 is 2.33 bits per heavy atom. The molecule has 1 aliphatic heterocycles. The highest BCUT2D eigenvalue weighted by atomic mass is 32.1. The van der Waals surface area contributed by atoms with E-state index < -0.39 is 0 Å². The van der Waals surface area contributed by atoms with Gasteiger partial charge in [-0.25, -0.2) is 4.98 Å². The molecule has 0 radical (unpaired) electrons. The van der Waals surface area contributed by atoms with Gasteiger partial charge in [0.05, 0.1) is 17.2 Å². The Balaban J connectivity index is 1.56. The Hall–Kier alpha value is -2.05. The minimum Gasteiger partial charge on any atom is -0.306 e. The quantitative estimate of drug-likeness (QED) is 0.818. The van der Waals surface area contributed by atoms with E-state index in [1.165, 1.54) is 4.90 Å². The minimum atomic E-state index is -0.189. The first kappa shape index (κ1) is 16.8. The van der Waals surface area contributed by atoms with E-state index >= 15 is 0 Å². The predicted octanol–water partition coefficient (Wildman–Crippen LogP) is 3.18. The van der Waals surface area contributed by atoms with Crippen molar-refractivity contribution in [2.45, 2.75) is 39.3 Å². The zero-order valence-electron chi connectivity index (χ0n) is 14.1. The van der Waals surface area contributed by atoms with Gasteiger partial charge in [-0.05, 0) is 39.3 Å². The number of fused-ring (bicyclic) bond motifs is 1. The molecule has 0 fully saturated rings. The van der Waals surface area contributed by atoms with E-state index in [2.05, 4.69) is 24.1 Å². The number of nitrogens with one attached hydrogen (secondary N) is 1. The molecule has 2 amide bonds. The Bertz CT molecular complexity index is 736. The van der Waals surface area contributed by atoms with Gasteiger partial charge in [0.2, 0.25) is 0 Å². The molecule has 2 aromatic rings. The second-order valence-electron chi connectivity index (χ2n) is 6.21. The first-order valence-electron chi connectivity index (χ1n) is 8.10. The van der Waals surface area contributed by atoms with Crippen LogP contribution < -0.4 is 5.32 Å². The van der Waals surface area contributed by atoms with Crippen molar-refractivity contribution in [2.24, 2.45) is 0 Å². The van der Waals surface area contributed by atoms with Gasteiger partial charge in [-0.1, -0.05) is 12.1 Å². The molecule has 6 heteroatoms. The monoisotopic (exact) mass is 343 g/mol. The summed E-state index contributed by atoms with van der Waals surface area (Å²) in [6.07, 6.45) is 0.708. The molecule has 1 aliphatic rings. The fraction of sp³-hybridized carbons (Fsp3) is 0.389. The molecule has 1 aromatic carbocycles. The smallest absolute Gasteiger partial charge is 0.261 e. The van der Waals surface area contributed by atoms with E-state index in [9.17, 15) is 9.59 Å². The van der Waals surface area contributed by atoms with Crippen molar-refractivity contribution in [3.8, 4) is 0 Å². The third kappa shape index (κ3) is 3.25. The van der Waals surface area contributed by atoms with E-state index in [4.69, 9.17) is 0 Å². The van der Waals surface area contributed by atoms with Gasteiger partial charge in [0.25, 0.3) is 11.8 Å². The number of carbonyl (C=O) groups is 2. The van der Waals surface area contributed by atoms with Crippen LogP contribution in [0.25, 0.3) is 0 Å². The summed E-state index contributed by atoms with van der Waals surface area (Å²) in [4.78, 5) is 30.5. The number of hydrogen-bond acceptors (Lipinski definition) is 5. The molecule has 0 bridgehead atoms.